The first-order valence-electron chi connectivity index (χ1n) is 14.0. The van der Waals surface area contributed by atoms with Crippen molar-refractivity contribution >= 4 is 0 Å². The average Bonchev–Trinajstić information content (AvgIpc) is 2.98. The summed E-state index contributed by atoms with van der Waals surface area (Å²) in [7, 11) is 0. The lowest BCUT2D eigenvalue weighted by atomic mass is 9.87. The maximum Gasteiger partial charge on any atom is 0.187 e. The summed E-state index contributed by atoms with van der Waals surface area (Å²) in [5, 5.41) is 117. The van der Waals surface area contributed by atoms with Crippen LogP contribution in [0.1, 0.15) is 13.8 Å². The molecule has 14 N–H and O–H groups in total. The van der Waals surface area contributed by atoms with Crippen LogP contribution < -0.4 is 11.1 Å². The third-order valence-corrected chi connectivity index (χ3v) is 8.49. The first kappa shape index (κ1) is 34.9. The number of aliphatic hydroxyl groups is 11. The van der Waals surface area contributed by atoms with Crippen LogP contribution in [0.15, 0.2) is 11.6 Å². The predicted molar refractivity (Wildman–Crippen MR) is 138 cm³/mol. The molecule has 3 aliphatic heterocycles. The fourth-order valence-electron chi connectivity index (χ4n) is 5.82. The van der Waals surface area contributed by atoms with E-state index in [1.165, 1.54) is 13.0 Å². The topological polar surface area (TPSA) is 307 Å². The van der Waals surface area contributed by atoms with E-state index in [2.05, 4.69) is 5.32 Å². The maximum absolute atomic E-state index is 10.9. The third-order valence-electron chi connectivity index (χ3n) is 8.49. The van der Waals surface area contributed by atoms with Gasteiger partial charge < -0.3 is 90.9 Å². The molecule has 18 heteroatoms. The van der Waals surface area contributed by atoms with Gasteiger partial charge in [0.25, 0.3) is 0 Å². The standard InChI is InChI=1S/C25H44N2O16/c1-6-3-8(13(31)15(33)12(6)30)27-11-7(2)39-24(19(37)14(11)32)42-22-10(5-29)41-25(20(38)17(22)35)43-21-9(4-28)40-23(26)18(36)16(21)34/h3,7-25,27-38H,4-5,26H2,1-2H3/t7?,8-,9?,10?,11+,12-,13?,14+,15+,16-,17-,18?,19?,20?,21+,22+,23?,24+,25+/m0/s1. The summed E-state index contributed by atoms with van der Waals surface area (Å²) in [6, 6.07) is -1.92. The molecule has 0 amide bonds. The van der Waals surface area contributed by atoms with Crippen molar-refractivity contribution in [2.75, 3.05) is 13.2 Å². The van der Waals surface area contributed by atoms with Gasteiger partial charge >= 0.3 is 0 Å². The van der Waals surface area contributed by atoms with Crippen molar-refractivity contribution in [1.29, 1.82) is 0 Å². The molecule has 0 bridgehead atoms. The fourth-order valence-corrected chi connectivity index (χ4v) is 5.82. The molecule has 0 aromatic heterocycles. The second-order valence-corrected chi connectivity index (χ2v) is 11.5. The molecule has 3 fully saturated rings. The van der Waals surface area contributed by atoms with Gasteiger partial charge in [-0.2, -0.15) is 0 Å². The highest BCUT2D eigenvalue weighted by molar-refractivity contribution is 5.20. The minimum absolute atomic E-state index is 0.384. The van der Waals surface area contributed by atoms with Crippen LogP contribution in [0.2, 0.25) is 0 Å². The van der Waals surface area contributed by atoms with Crippen molar-refractivity contribution < 1.29 is 79.9 Å². The molecule has 4 aliphatic rings. The summed E-state index contributed by atoms with van der Waals surface area (Å²) in [5.74, 6) is 0. The molecule has 3 heterocycles. The second kappa shape index (κ2) is 14.2. The molecule has 0 saturated carbocycles. The van der Waals surface area contributed by atoms with E-state index < -0.39 is 130 Å². The molecule has 18 nitrogen and oxygen atoms in total. The molecular weight excluding hydrogens is 584 g/mol. The van der Waals surface area contributed by atoms with Crippen LogP contribution in [-0.4, -0.2) is 186 Å². The summed E-state index contributed by atoms with van der Waals surface area (Å²) in [5.41, 5.74) is 5.97. The van der Waals surface area contributed by atoms with Crippen molar-refractivity contribution in [3.63, 3.8) is 0 Å². The van der Waals surface area contributed by atoms with Gasteiger partial charge in [0, 0.05) is 0 Å². The van der Waals surface area contributed by atoms with Crippen molar-refractivity contribution in [2.24, 2.45) is 5.73 Å². The summed E-state index contributed by atoms with van der Waals surface area (Å²) >= 11 is 0. The average molecular weight is 629 g/mol. The summed E-state index contributed by atoms with van der Waals surface area (Å²) in [4.78, 5) is 0. The SMILES string of the molecule is CC1=C[C@H](N[C@@H]2C(C)O[C@H](O[C@@H]3C(CO)O[C@H](O[C@@H]4C(CO)OC(N)C(O)[C@@H]4O)C(O)[C@@H]3O)C(O)[C@@H]2O)C(O)[C@H](O)[C@H]1O. The lowest BCUT2D eigenvalue weighted by Gasteiger charge is -2.48. The Morgan fingerprint density at radius 1 is 0.698 bits per heavy atom. The highest BCUT2D eigenvalue weighted by Gasteiger charge is 2.53. The van der Waals surface area contributed by atoms with E-state index in [1.807, 2.05) is 0 Å². The van der Waals surface area contributed by atoms with Crippen LogP contribution in [0.3, 0.4) is 0 Å². The number of hydrogen-bond acceptors (Lipinski definition) is 18. The van der Waals surface area contributed by atoms with Gasteiger partial charge in [0.2, 0.25) is 0 Å². The molecule has 0 radical (unpaired) electrons. The van der Waals surface area contributed by atoms with Crippen LogP contribution in [0.25, 0.3) is 0 Å². The number of hydrogen-bond donors (Lipinski definition) is 13. The molecule has 43 heavy (non-hydrogen) atoms. The Morgan fingerprint density at radius 3 is 1.79 bits per heavy atom. The van der Waals surface area contributed by atoms with Gasteiger partial charge in [-0.3, -0.25) is 0 Å². The van der Waals surface area contributed by atoms with E-state index in [1.54, 1.807) is 6.92 Å². The van der Waals surface area contributed by atoms with Crippen LogP contribution >= 0.6 is 0 Å². The quantitative estimate of drug-likeness (QED) is 0.111. The molecule has 250 valence electrons. The smallest absolute Gasteiger partial charge is 0.187 e. The van der Waals surface area contributed by atoms with Gasteiger partial charge in [0.05, 0.1) is 31.4 Å². The van der Waals surface area contributed by atoms with Gasteiger partial charge in [-0.25, -0.2) is 0 Å². The van der Waals surface area contributed by atoms with Gasteiger partial charge in [0.15, 0.2) is 12.6 Å². The minimum atomic E-state index is -1.88. The molecule has 4 rings (SSSR count). The number of rotatable bonds is 8. The number of nitrogens with two attached hydrogens (primary N) is 1. The van der Waals surface area contributed by atoms with Gasteiger partial charge in [0.1, 0.15) is 85.6 Å². The van der Waals surface area contributed by atoms with Crippen LogP contribution in [0, 0.1) is 0 Å². The summed E-state index contributed by atoms with van der Waals surface area (Å²) in [6.45, 7) is 1.59. The maximum atomic E-state index is 10.9. The van der Waals surface area contributed by atoms with Crippen LogP contribution in [-0.2, 0) is 23.7 Å². The molecule has 0 aromatic carbocycles. The van der Waals surface area contributed by atoms with E-state index >= 15 is 0 Å². The normalized spacial score (nSPS) is 53.0. The zero-order valence-electron chi connectivity index (χ0n) is 23.5. The zero-order chi connectivity index (χ0) is 31.9. The molecule has 19 atom stereocenters. The first-order chi connectivity index (χ1) is 20.2. The zero-order valence-corrected chi connectivity index (χ0v) is 23.5. The van der Waals surface area contributed by atoms with Gasteiger partial charge in [-0.15, -0.1) is 0 Å². The van der Waals surface area contributed by atoms with Crippen molar-refractivity contribution in [3.05, 3.63) is 11.6 Å². The molecule has 0 aromatic rings. The van der Waals surface area contributed by atoms with Gasteiger partial charge in [-0.05, 0) is 19.4 Å². The molecule has 0 spiro atoms. The Kier molecular flexibility index (Phi) is 11.5. The van der Waals surface area contributed by atoms with E-state index in [4.69, 9.17) is 29.4 Å². The third kappa shape index (κ3) is 6.92. The van der Waals surface area contributed by atoms with E-state index in [0.717, 1.165) is 0 Å². The number of ether oxygens (including phenoxy) is 5. The van der Waals surface area contributed by atoms with Crippen LogP contribution in [0.4, 0.5) is 0 Å². The molecule has 3 saturated heterocycles. The first-order valence-corrected chi connectivity index (χ1v) is 14.0. The highest BCUT2D eigenvalue weighted by Crippen LogP contribution is 2.32. The number of nitrogens with one attached hydrogen (secondary N) is 1. The van der Waals surface area contributed by atoms with Gasteiger partial charge in [-0.1, -0.05) is 6.08 Å². The summed E-state index contributed by atoms with van der Waals surface area (Å²) < 4.78 is 27.8. The Hall–Kier alpha value is -0.980. The molecule has 1 aliphatic carbocycles. The fraction of sp³-hybridized carbons (Fsp3) is 0.920. The second-order valence-electron chi connectivity index (χ2n) is 11.5. The van der Waals surface area contributed by atoms with E-state index in [0.29, 0.717) is 5.57 Å². The van der Waals surface area contributed by atoms with Crippen LogP contribution in [0.5, 0.6) is 0 Å². The lowest BCUT2D eigenvalue weighted by Crippen LogP contribution is -2.68. The Labute approximate surface area is 246 Å². The van der Waals surface area contributed by atoms with E-state index in [-0.39, 0.29) is 0 Å². The minimum Gasteiger partial charge on any atom is -0.394 e. The Balaban J connectivity index is 1.42. The molecular formula is C25H44N2O16. The van der Waals surface area contributed by atoms with E-state index in [9.17, 15) is 56.2 Å². The highest BCUT2D eigenvalue weighted by atomic mass is 16.7. The monoisotopic (exact) mass is 628 g/mol. The Bertz CT molecular complexity index is 945. The number of aliphatic hydroxyl groups excluding tert-OH is 11. The van der Waals surface area contributed by atoms with Crippen molar-refractivity contribution in [2.45, 2.75) is 130 Å². The molecule has 8 unspecified atom stereocenters. The predicted octanol–water partition coefficient (Wildman–Crippen LogP) is -7.57. The van der Waals surface area contributed by atoms with Crippen molar-refractivity contribution in [1.82, 2.24) is 5.32 Å². The summed E-state index contributed by atoms with van der Waals surface area (Å²) in [6.07, 6.45) is -24.2. The Morgan fingerprint density at radius 2 is 1.21 bits per heavy atom. The lowest BCUT2D eigenvalue weighted by molar-refractivity contribution is -0.367. The van der Waals surface area contributed by atoms with Crippen molar-refractivity contribution in [3.8, 4) is 0 Å². The largest absolute Gasteiger partial charge is 0.394 e.